The van der Waals surface area contributed by atoms with Crippen LogP contribution in [0.25, 0.3) is 0 Å². The number of benzene rings is 1. The van der Waals surface area contributed by atoms with E-state index in [1.165, 1.54) is 5.56 Å². The summed E-state index contributed by atoms with van der Waals surface area (Å²) in [5, 5.41) is 8.42. The second-order valence-corrected chi connectivity index (χ2v) is 3.94. The fourth-order valence-corrected chi connectivity index (χ4v) is 1.86. The molecule has 0 aliphatic heterocycles. The van der Waals surface area contributed by atoms with Crippen molar-refractivity contribution in [2.75, 3.05) is 12.0 Å². The molecule has 0 fully saturated rings. The number of nitrogens with two attached hydrogens (primary N) is 1. The first-order valence-corrected chi connectivity index (χ1v) is 5.79. The van der Waals surface area contributed by atoms with E-state index in [4.69, 9.17) is 11.0 Å². The highest BCUT2D eigenvalue weighted by Crippen LogP contribution is 2.24. The van der Waals surface area contributed by atoms with Crippen molar-refractivity contribution in [1.29, 1.82) is 5.26 Å². The highest BCUT2D eigenvalue weighted by atomic mass is 32.2. The van der Waals surface area contributed by atoms with Crippen LogP contribution in [0, 0.1) is 11.3 Å². The molecule has 0 aliphatic rings. The van der Waals surface area contributed by atoms with Crippen molar-refractivity contribution < 1.29 is 0 Å². The molecule has 0 saturated heterocycles. The molecular weight excluding hydrogens is 192 g/mol. The highest BCUT2D eigenvalue weighted by molar-refractivity contribution is 7.98. The summed E-state index contributed by atoms with van der Waals surface area (Å²) in [5.74, 6) is 0. The standard InChI is InChI=1S/C11H14N2S/c1-14-11-8-9(4-2-3-7-12)5-6-10(11)13/h5-6,8H,2-4,13H2,1H3. The number of aryl methyl sites for hydroxylation is 1. The second kappa shape index (κ2) is 5.56. The summed E-state index contributed by atoms with van der Waals surface area (Å²) in [5.41, 5.74) is 7.88. The number of nitriles is 1. The number of anilines is 1. The van der Waals surface area contributed by atoms with Crippen LogP contribution in [-0.2, 0) is 6.42 Å². The lowest BCUT2D eigenvalue weighted by Gasteiger charge is -2.05. The average Bonchev–Trinajstić information content (AvgIpc) is 2.21. The molecule has 2 N–H and O–H groups in total. The van der Waals surface area contributed by atoms with Crippen LogP contribution in [0.4, 0.5) is 5.69 Å². The molecule has 14 heavy (non-hydrogen) atoms. The van der Waals surface area contributed by atoms with Gasteiger partial charge in [-0.05, 0) is 36.8 Å². The van der Waals surface area contributed by atoms with E-state index in [1.54, 1.807) is 11.8 Å². The van der Waals surface area contributed by atoms with Crippen molar-refractivity contribution in [2.24, 2.45) is 0 Å². The number of rotatable bonds is 4. The second-order valence-electron chi connectivity index (χ2n) is 3.09. The minimum absolute atomic E-state index is 0.624. The molecule has 0 spiro atoms. The Morgan fingerprint density at radius 3 is 2.93 bits per heavy atom. The van der Waals surface area contributed by atoms with Crippen LogP contribution >= 0.6 is 11.8 Å². The lowest BCUT2D eigenvalue weighted by atomic mass is 10.1. The molecule has 0 heterocycles. The zero-order valence-electron chi connectivity index (χ0n) is 8.29. The van der Waals surface area contributed by atoms with Crippen molar-refractivity contribution in [3.8, 4) is 6.07 Å². The molecule has 1 aromatic carbocycles. The van der Waals surface area contributed by atoms with Gasteiger partial charge in [-0.2, -0.15) is 5.26 Å². The Kier molecular flexibility index (Phi) is 4.34. The maximum Gasteiger partial charge on any atom is 0.0621 e. The SMILES string of the molecule is CSc1cc(CCCC#N)ccc1N. The van der Waals surface area contributed by atoms with E-state index in [0.717, 1.165) is 23.4 Å². The lowest BCUT2D eigenvalue weighted by Crippen LogP contribution is -1.91. The lowest BCUT2D eigenvalue weighted by molar-refractivity contribution is 0.848. The van der Waals surface area contributed by atoms with E-state index >= 15 is 0 Å². The van der Waals surface area contributed by atoms with Gasteiger partial charge in [0.1, 0.15) is 0 Å². The van der Waals surface area contributed by atoms with Crippen LogP contribution in [0.5, 0.6) is 0 Å². The van der Waals surface area contributed by atoms with Gasteiger partial charge in [0.2, 0.25) is 0 Å². The quantitative estimate of drug-likeness (QED) is 0.468. The van der Waals surface area contributed by atoms with E-state index in [1.807, 2.05) is 18.4 Å². The van der Waals surface area contributed by atoms with Crippen molar-refractivity contribution in [2.45, 2.75) is 24.2 Å². The van der Waals surface area contributed by atoms with E-state index in [0.29, 0.717) is 6.42 Å². The third-order valence-electron chi connectivity index (χ3n) is 2.05. The van der Waals surface area contributed by atoms with Crippen LogP contribution in [0.15, 0.2) is 23.1 Å². The Bertz CT molecular complexity index is 342. The zero-order chi connectivity index (χ0) is 10.4. The molecule has 0 atom stereocenters. The minimum Gasteiger partial charge on any atom is -0.398 e. The molecular formula is C11H14N2S. The first kappa shape index (κ1) is 10.9. The van der Waals surface area contributed by atoms with Crippen LogP contribution in [0.2, 0.25) is 0 Å². The predicted octanol–water partition coefficient (Wildman–Crippen LogP) is 2.84. The summed E-state index contributed by atoms with van der Waals surface area (Å²) in [4.78, 5) is 1.12. The summed E-state index contributed by atoms with van der Waals surface area (Å²) >= 11 is 1.66. The van der Waals surface area contributed by atoms with E-state index < -0.39 is 0 Å². The molecule has 2 nitrogen and oxygen atoms in total. The van der Waals surface area contributed by atoms with Gasteiger partial charge >= 0.3 is 0 Å². The predicted molar refractivity (Wildman–Crippen MR) is 61.2 cm³/mol. The van der Waals surface area contributed by atoms with Crippen LogP contribution in [-0.4, -0.2) is 6.26 Å². The summed E-state index contributed by atoms with van der Waals surface area (Å²) in [6.45, 7) is 0. The van der Waals surface area contributed by atoms with Gasteiger partial charge in [0, 0.05) is 17.0 Å². The Morgan fingerprint density at radius 1 is 1.50 bits per heavy atom. The number of thioether (sulfide) groups is 1. The molecule has 74 valence electrons. The Morgan fingerprint density at radius 2 is 2.29 bits per heavy atom. The molecule has 1 rings (SSSR count). The fourth-order valence-electron chi connectivity index (χ4n) is 1.28. The summed E-state index contributed by atoms with van der Waals surface area (Å²) in [6.07, 6.45) is 4.53. The molecule has 3 heteroatoms. The number of hydrogen-bond donors (Lipinski definition) is 1. The first-order valence-electron chi connectivity index (χ1n) is 4.57. The molecule has 0 saturated carbocycles. The van der Waals surface area contributed by atoms with Crippen molar-refractivity contribution in [1.82, 2.24) is 0 Å². The third kappa shape index (κ3) is 2.97. The van der Waals surface area contributed by atoms with Gasteiger partial charge in [0.15, 0.2) is 0 Å². The van der Waals surface area contributed by atoms with Gasteiger partial charge in [0.25, 0.3) is 0 Å². The van der Waals surface area contributed by atoms with Gasteiger partial charge in [0.05, 0.1) is 6.07 Å². The van der Waals surface area contributed by atoms with Crippen LogP contribution in [0.3, 0.4) is 0 Å². The molecule has 0 unspecified atom stereocenters. The molecule has 0 bridgehead atoms. The topological polar surface area (TPSA) is 49.8 Å². The zero-order valence-corrected chi connectivity index (χ0v) is 9.10. The van der Waals surface area contributed by atoms with Gasteiger partial charge in [-0.15, -0.1) is 11.8 Å². The summed E-state index contributed by atoms with van der Waals surface area (Å²) in [7, 11) is 0. The third-order valence-corrected chi connectivity index (χ3v) is 2.85. The number of hydrogen-bond acceptors (Lipinski definition) is 3. The van der Waals surface area contributed by atoms with Crippen molar-refractivity contribution in [3.05, 3.63) is 23.8 Å². The van der Waals surface area contributed by atoms with Crippen molar-refractivity contribution in [3.63, 3.8) is 0 Å². The van der Waals surface area contributed by atoms with E-state index in [9.17, 15) is 0 Å². The summed E-state index contributed by atoms with van der Waals surface area (Å²) in [6, 6.07) is 8.23. The van der Waals surface area contributed by atoms with Gasteiger partial charge < -0.3 is 5.73 Å². The van der Waals surface area contributed by atoms with Gasteiger partial charge in [-0.3, -0.25) is 0 Å². The molecule has 0 aromatic heterocycles. The Balaban J connectivity index is 2.65. The Labute approximate surface area is 89.1 Å². The highest BCUT2D eigenvalue weighted by Gasteiger charge is 1.99. The van der Waals surface area contributed by atoms with Crippen LogP contribution in [0.1, 0.15) is 18.4 Å². The fraction of sp³-hybridized carbons (Fsp3) is 0.364. The Hall–Kier alpha value is -1.14. The molecule has 1 aromatic rings. The van der Waals surface area contributed by atoms with Crippen molar-refractivity contribution >= 4 is 17.4 Å². The van der Waals surface area contributed by atoms with Crippen LogP contribution < -0.4 is 5.73 Å². The molecule has 0 radical (unpaired) electrons. The first-order chi connectivity index (χ1) is 6.77. The van der Waals surface area contributed by atoms with Gasteiger partial charge in [-0.25, -0.2) is 0 Å². The molecule has 0 amide bonds. The maximum absolute atomic E-state index is 8.42. The number of nitrogens with zero attached hydrogens (tertiary/aromatic N) is 1. The minimum atomic E-state index is 0.624. The van der Waals surface area contributed by atoms with Gasteiger partial charge in [-0.1, -0.05) is 6.07 Å². The largest absolute Gasteiger partial charge is 0.398 e. The number of unbranched alkanes of at least 4 members (excludes halogenated alkanes) is 1. The molecule has 0 aliphatic carbocycles. The maximum atomic E-state index is 8.42. The number of nitrogen functional groups attached to an aromatic ring is 1. The van der Waals surface area contributed by atoms with E-state index in [2.05, 4.69) is 12.1 Å². The summed E-state index contributed by atoms with van der Waals surface area (Å²) < 4.78 is 0. The average molecular weight is 206 g/mol. The normalized spacial score (nSPS) is 9.71. The smallest absolute Gasteiger partial charge is 0.0621 e. The van der Waals surface area contributed by atoms with E-state index in [-0.39, 0.29) is 0 Å². The monoisotopic (exact) mass is 206 g/mol.